The van der Waals surface area contributed by atoms with E-state index in [1.807, 2.05) is 52.0 Å². The number of sulfonamides is 1. The normalized spacial score (nSPS) is 12.1. The number of carbonyl (C=O) groups excluding carboxylic acids is 2. The third kappa shape index (κ3) is 7.63. The number of benzene rings is 3. The summed E-state index contributed by atoms with van der Waals surface area (Å²) in [7, 11) is -2.53. The lowest BCUT2D eigenvalue weighted by atomic mass is 10.1. The SMILES string of the molecule is CCc1ccc(N(CC(=O)N(Cc2cccc(OC)c2)C(CC)C(=O)NC(C)C)S(=O)(=O)c2ccccc2)cc1. The molecule has 1 atom stereocenters. The molecule has 40 heavy (non-hydrogen) atoms. The second-order valence-corrected chi connectivity index (χ2v) is 11.7. The number of amides is 2. The second-order valence-electron chi connectivity index (χ2n) is 9.81. The largest absolute Gasteiger partial charge is 0.497 e. The summed E-state index contributed by atoms with van der Waals surface area (Å²) in [4.78, 5) is 28.8. The van der Waals surface area contributed by atoms with Crippen molar-refractivity contribution in [1.82, 2.24) is 10.2 Å². The minimum atomic E-state index is -4.09. The summed E-state index contributed by atoms with van der Waals surface area (Å²) in [5.74, 6) is -0.167. The van der Waals surface area contributed by atoms with Crippen LogP contribution in [0.15, 0.2) is 83.8 Å². The Morgan fingerprint density at radius 1 is 0.900 bits per heavy atom. The maximum Gasteiger partial charge on any atom is 0.264 e. The Labute approximate surface area is 238 Å². The first-order valence-corrected chi connectivity index (χ1v) is 14.9. The van der Waals surface area contributed by atoms with Crippen molar-refractivity contribution in [3.63, 3.8) is 0 Å². The van der Waals surface area contributed by atoms with Crippen LogP contribution in [-0.2, 0) is 32.6 Å². The zero-order chi connectivity index (χ0) is 29.3. The van der Waals surface area contributed by atoms with Gasteiger partial charge in [0.05, 0.1) is 17.7 Å². The van der Waals surface area contributed by atoms with E-state index in [4.69, 9.17) is 4.74 Å². The maximum absolute atomic E-state index is 14.1. The van der Waals surface area contributed by atoms with Gasteiger partial charge in [-0.25, -0.2) is 8.42 Å². The molecule has 0 aliphatic carbocycles. The topological polar surface area (TPSA) is 96.0 Å². The van der Waals surface area contributed by atoms with E-state index in [1.54, 1.807) is 49.6 Å². The van der Waals surface area contributed by atoms with Crippen LogP contribution < -0.4 is 14.4 Å². The summed E-state index contributed by atoms with van der Waals surface area (Å²) in [6.45, 7) is 7.19. The Morgan fingerprint density at radius 2 is 1.57 bits per heavy atom. The lowest BCUT2D eigenvalue weighted by Crippen LogP contribution is -2.53. The van der Waals surface area contributed by atoms with Gasteiger partial charge in [-0.1, -0.05) is 56.3 Å². The summed E-state index contributed by atoms with van der Waals surface area (Å²) in [5, 5.41) is 2.90. The maximum atomic E-state index is 14.1. The van der Waals surface area contributed by atoms with Gasteiger partial charge in [-0.3, -0.25) is 13.9 Å². The molecular weight excluding hydrogens is 526 g/mol. The van der Waals surface area contributed by atoms with E-state index in [0.717, 1.165) is 21.9 Å². The average Bonchev–Trinajstić information content (AvgIpc) is 2.95. The molecule has 2 amide bonds. The number of hydrogen-bond acceptors (Lipinski definition) is 5. The van der Waals surface area contributed by atoms with Gasteiger partial charge >= 0.3 is 0 Å². The van der Waals surface area contributed by atoms with Crippen molar-refractivity contribution in [3.8, 4) is 5.75 Å². The highest BCUT2D eigenvalue weighted by Gasteiger charge is 2.33. The van der Waals surface area contributed by atoms with E-state index in [0.29, 0.717) is 17.9 Å². The fourth-order valence-corrected chi connectivity index (χ4v) is 5.85. The van der Waals surface area contributed by atoms with E-state index in [9.17, 15) is 18.0 Å². The Balaban J connectivity index is 2.06. The summed E-state index contributed by atoms with van der Waals surface area (Å²) in [5.41, 5.74) is 2.17. The molecule has 0 aliphatic rings. The minimum Gasteiger partial charge on any atom is -0.497 e. The molecule has 3 aromatic rings. The van der Waals surface area contributed by atoms with Crippen LogP contribution in [0.25, 0.3) is 0 Å². The van der Waals surface area contributed by atoms with Crippen LogP contribution in [-0.4, -0.2) is 50.9 Å². The van der Waals surface area contributed by atoms with Crippen LogP contribution in [0.3, 0.4) is 0 Å². The van der Waals surface area contributed by atoms with Gasteiger partial charge < -0.3 is 15.0 Å². The average molecular weight is 566 g/mol. The van der Waals surface area contributed by atoms with Gasteiger partial charge in [0.25, 0.3) is 10.0 Å². The Kier molecular flexibility index (Phi) is 10.7. The van der Waals surface area contributed by atoms with Crippen molar-refractivity contribution < 1.29 is 22.7 Å². The van der Waals surface area contributed by atoms with E-state index in [2.05, 4.69) is 5.32 Å². The number of hydrogen-bond donors (Lipinski definition) is 1. The van der Waals surface area contributed by atoms with Gasteiger partial charge in [0, 0.05) is 12.6 Å². The molecule has 1 unspecified atom stereocenters. The lowest BCUT2D eigenvalue weighted by molar-refractivity contribution is -0.140. The molecule has 0 saturated heterocycles. The Morgan fingerprint density at radius 3 is 2.15 bits per heavy atom. The van der Waals surface area contributed by atoms with Gasteiger partial charge in [0.15, 0.2) is 0 Å². The molecule has 0 heterocycles. The fourth-order valence-electron chi connectivity index (χ4n) is 4.41. The van der Waals surface area contributed by atoms with Crippen molar-refractivity contribution in [2.75, 3.05) is 18.0 Å². The molecule has 0 radical (unpaired) electrons. The number of methoxy groups -OCH3 is 1. The summed E-state index contributed by atoms with van der Waals surface area (Å²) in [6.07, 6.45) is 1.15. The highest BCUT2D eigenvalue weighted by molar-refractivity contribution is 7.92. The van der Waals surface area contributed by atoms with Gasteiger partial charge in [0.2, 0.25) is 11.8 Å². The molecule has 0 bridgehead atoms. The van der Waals surface area contributed by atoms with Crippen LogP contribution in [0, 0.1) is 0 Å². The molecule has 3 aromatic carbocycles. The van der Waals surface area contributed by atoms with Gasteiger partial charge in [0.1, 0.15) is 18.3 Å². The van der Waals surface area contributed by atoms with E-state index < -0.39 is 28.5 Å². The molecule has 0 fully saturated rings. The van der Waals surface area contributed by atoms with Gasteiger partial charge in [-0.2, -0.15) is 0 Å². The zero-order valence-electron chi connectivity index (χ0n) is 23.8. The first-order chi connectivity index (χ1) is 19.1. The van der Waals surface area contributed by atoms with Crippen molar-refractivity contribution in [2.45, 2.75) is 64.1 Å². The molecule has 9 heteroatoms. The molecule has 0 aliphatic heterocycles. The van der Waals surface area contributed by atoms with E-state index in [-0.39, 0.29) is 23.4 Å². The number of aryl methyl sites for hydroxylation is 1. The highest BCUT2D eigenvalue weighted by atomic mass is 32.2. The summed E-state index contributed by atoms with van der Waals surface area (Å²) < 4.78 is 34.2. The molecule has 1 N–H and O–H groups in total. The van der Waals surface area contributed by atoms with E-state index in [1.165, 1.54) is 17.0 Å². The molecule has 0 spiro atoms. The van der Waals surface area contributed by atoms with Crippen LogP contribution in [0.4, 0.5) is 5.69 Å². The van der Waals surface area contributed by atoms with Crippen LogP contribution >= 0.6 is 0 Å². The van der Waals surface area contributed by atoms with E-state index >= 15 is 0 Å². The molecule has 0 saturated carbocycles. The fraction of sp³-hybridized carbons (Fsp3) is 0.355. The van der Waals surface area contributed by atoms with Crippen LogP contribution in [0.5, 0.6) is 5.75 Å². The van der Waals surface area contributed by atoms with Crippen LogP contribution in [0.2, 0.25) is 0 Å². The second kappa shape index (κ2) is 14.0. The third-order valence-electron chi connectivity index (χ3n) is 6.55. The van der Waals surface area contributed by atoms with Crippen molar-refractivity contribution in [1.29, 1.82) is 0 Å². The first kappa shape index (κ1) is 30.7. The number of rotatable bonds is 13. The summed E-state index contributed by atoms with van der Waals surface area (Å²) >= 11 is 0. The molecule has 214 valence electrons. The summed E-state index contributed by atoms with van der Waals surface area (Å²) in [6, 6.07) is 21.5. The van der Waals surface area contributed by atoms with Crippen molar-refractivity contribution >= 4 is 27.5 Å². The monoisotopic (exact) mass is 565 g/mol. The predicted molar refractivity (Wildman–Crippen MR) is 158 cm³/mol. The van der Waals surface area contributed by atoms with Gasteiger partial charge in [-0.05, 0) is 74.2 Å². The molecule has 0 aromatic heterocycles. The number of ether oxygens (including phenoxy) is 1. The minimum absolute atomic E-state index is 0.0753. The number of nitrogens with one attached hydrogen (secondary N) is 1. The number of anilines is 1. The third-order valence-corrected chi connectivity index (χ3v) is 8.33. The van der Waals surface area contributed by atoms with Gasteiger partial charge in [-0.15, -0.1) is 0 Å². The number of nitrogens with zero attached hydrogens (tertiary/aromatic N) is 2. The highest BCUT2D eigenvalue weighted by Crippen LogP contribution is 2.26. The quantitative estimate of drug-likeness (QED) is 0.322. The molecular formula is C31H39N3O5S. The molecule has 3 rings (SSSR count). The zero-order valence-corrected chi connectivity index (χ0v) is 24.6. The first-order valence-electron chi connectivity index (χ1n) is 13.5. The molecule has 8 nitrogen and oxygen atoms in total. The Hall–Kier alpha value is -3.85. The number of carbonyl (C=O) groups is 2. The predicted octanol–water partition coefficient (Wildman–Crippen LogP) is 4.78. The Bertz CT molecular complexity index is 1380. The lowest BCUT2D eigenvalue weighted by Gasteiger charge is -2.33. The standard InChI is InChI=1S/C31H39N3O5S/c1-6-24-16-18-26(19-17-24)34(40(37,38)28-14-9-8-10-15-28)22-30(35)33(29(7-2)31(36)32-23(3)4)21-25-12-11-13-27(20-25)39-5/h8-20,23,29H,6-7,21-22H2,1-5H3,(H,32,36). The smallest absolute Gasteiger partial charge is 0.264 e. The van der Waals surface area contributed by atoms with Crippen molar-refractivity contribution in [3.05, 3.63) is 90.0 Å². The van der Waals surface area contributed by atoms with Crippen LogP contribution in [0.1, 0.15) is 45.2 Å². The van der Waals surface area contributed by atoms with Crippen molar-refractivity contribution in [2.24, 2.45) is 0 Å².